The molecule has 2 aliphatic rings. The van der Waals surface area contributed by atoms with E-state index in [0.717, 1.165) is 27.0 Å². The Hall–Kier alpha value is -0.470. The summed E-state index contributed by atoms with van der Waals surface area (Å²) in [5.74, 6) is 1.61. The van der Waals surface area contributed by atoms with Gasteiger partial charge in [-0.05, 0) is 46.8 Å². The van der Waals surface area contributed by atoms with Crippen LogP contribution >= 0.6 is 27.5 Å². The number of nitrogens with one attached hydrogen (secondary N) is 1. The first kappa shape index (κ1) is 10.7. The molecule has 84 valence electrons. The van der Waals surface area contributed by atoms with E-state index in [1.807, 2.05) is 12.1 Å². The first-order valence-electron chi connectivity index (χ1n) is 5.63. The monoisotopic (exact) mass is 297 g/mol. The summed E-state index contributed by atoms with van der Waals surface area (Å²) in [6.45, 7) is 0. The molecule has 3 atom stereocenters. The molecule has 1 nitrogen and oxygen atoms in total. The molecule has 0 bridgehead atoms. The molecule has 1 saturated carbocycles. The molecule has 0 heterocycles. The van der Waals surface area contributed by atoms with Gasteiger partial charge in [-0.3, -0.25) is 0 Å². The van der Waals surface area contributed by atoms with E-state index in [1.54, 1.807) is 0 Å². The van der Waals surface area contributed by atoms with E-state index in [1.165, 1.54) is 12.8 Å². The minimum Gasteiger partial charge on any atom is -0.381 e. The summed E-state index contributed by atoms with van der Waals surface area (Å²) in [6.07, 6.45) is 7.20. The van der Waals surface area contributed by atoms with E-state index in [-0.39, 0.29) is 0 Å². The third kappa shape index (κ3) is 1.68. The van der Waals surface area contributed by atoms with E-state index in [9.17, 15) is 0 Å². The van der Waals surface area contributed by atoms with Gasteiger partial charge in [0.25, 0.3) is 0 Å². The number of benzene rings is 1. The highest BCUT2D eigenvalue weighted by Gasteiger charge is 2.41. The maximum atomic E-state index is 6.07. The third-order valence-electron chi connectivity index (χ3n) is 3.66. The number of hydrogen-bond donors (Lipinski definition) is 1. The predicted octanol–water partition coefficient (Wildman–Crippen LogP) is 4.48. The van der Waals surface area contributed by atoms with Crippen LogP contribution < -0.4 is 5.32 Å². The van der Waals surface area contributed by atoms with Gasteiger partial charge in [-0.15, -0.1) is 0 Å². The number of anilines is 1. The number of halogens is 2. The summed E-state index contributed by atoms with van der Waals surface area (Å²) >= 11 is 9.59. The van der Waals surface area contributed by atoms with Crippen molar-refractivity contribution in [3.05, 3.63) is 39.8 Å². The number of rotatable bonds is 2. The first-order chi connectivity index (χ1) is 7.75. The molecule has 3 heteroatoms. The molecule has 1 N–H and O–H groups in total. The molecule has 3 rings (SSSR count). The quantitative estimate of drug-likeness (QED) is 0.794. The van der Waals surface area contributed by atoms with Crippen molar-refractivity contribution in [2.24, 2.45) is 11.8 Å². The largest absolute Gasteiger partial charge is 0.381 e. The van der Waals surface area contributed by atoms with Crippen molar-refractivity contribution in [2.75, 3.05) is 5.32 Å². The minimum atomic E-state index is 0.582. The van der Waals surface area contributed by atoms with E-state index in [4.69, 9.17) is 11.6 Å². The van der Waals surface area contributed by atoms with Gasteiger partial charge in [0.1, 0.15) is 0 Å². The molecule has 2 aliphatic carbocycles. The van der Waals surface area contributed by atoms with Crippen LogP contribution in [0.5, 0.6) is 0 Å². The second-order valence-corrected chi connectivity index (χ2v) is 5.79. The molecule has 16 heavy (non-hydrogen) atoms. The van der Waals surface area contributed by atoms with Crippen LogP contribution in [-0.4, -0.2) is 6.04 Å². The average Bonchev–Trinajstić information content (AvgIpc) is 2.62. The van der Waals surface area contributed by atoms with Gasteiger partial charge in [-0.2, -0.15) is 0 Å². The van der Waals surface area contributed by atoms with Crippen LogP contribution in [0, 0.1) is 11.8 Å². The second kappa shape index (κ2) is 4.08. The van der Waals surface area contributed by atoms with Gasteiger partial charge in [0.05, 0.1) is 15.2 Å². The summed E-state index contributed by atoms with van der Waals surface area (Å²) in [6, 6.07) is 6.53. The highest BCUT2D eigenvalue weighted by atomic mass is 79.9. The maximum Gasteiger partial charge on any atom is 0.0593 e. The van der Waals surface area contributed by atoms with E-state index >= 15 is 0 Å². The maximum absolute atomic E-state index is 6.07. The van der Waals surface area contributed by atoms with E-state index in [2.05, 4.69) is 39.5 Å². The summed E-state index contributed by atoms with van der Waals surface area (Å²) in [5.41, 5.74) is 1.11. The van der Waals surface area contributed by atoms with Crippen LogP contribution in [0.1, 0.15) is 12.8 Å². The first-order valence-corrected chi connectivity index (χ1v) is 6.80. The lowest BCUT2D eigenvalue weighted by Gasteiger charge is -2.41. The van der Waals surface area contributed by atoms with Crippen molar-refractivity contribution in [1.29, 1.82) is 0 Å². The molecule has 0 aromatic heterocycles. The van der Waals surface area contributed by atoms with E-state index in [0.29, 0.717) is 6.04 Å². The Balaban J connectivity index is 1.75. The lowest BCUT2D eigenvalue weighted by Crippen LogP contribution is -2.43. The van der Waals surface area contributed by atoms with Gasteiger partial charge in [0, 0.05) is 12.0 Å². The van der Waals surface area contributed by atoms with Gasteiger partial charge >= 0.3 is 0 Å². The zero-order chi connectivity index (χ0) is 11.1. The molecule has 0 spiro atoms. The number of fused-ring (bicyclic) bond motifs is 1. The van der Waals surface area contributed by atoms with Crippen LogP contribution in [0.3, 0.4) is 0 Å². The summed E-state index contributed by atoms with van der Waals surface area (Å²) in [7, 11) is 0. The predicted molar refractivity (Wildman–Crippen MR) is 71.9 cm³/mol. The fourth-order valence-electron chi connectivity index (χ4n) is 2.70. The molecule has 0 radical (unpaired) electrons. The van der Waals surface area contributed by atoms with Crippen molar-refractivity contribution >= 4 is 33.2 Å². The standard InChI is InChI=1S/C13H13BrClN/c14-13-10(15)5-2-6-11(13)16-12-7-8-3-1-4-9(8)12/h1-2,4-6,8-9,12,16H,3,7H2. The van der Waals surface area contributed by atoms with Crippen molar-refractivity contribution in [1.82, 2.24) is 0 Å². The normalized spacial score (nSPS) is 31.0. The molecule has 0 aliphatic heterocycles. The molecule has 1 fully saturated rings. The summed E-state index contributed by atoms with van der Waals surface area (Å²) in [4.78, 5) is 0. The second-order valence-electron chi connectivity index (χ2n) is 4.59. The van der Waals surface area contributed by atoms with Gasteiger partial charge in [0.15, 0.2) is 0 Å². The molecule has 0 amide bonds. The topological polar surface area (TPSA) is 12.0 Å². The zero-order valence-corrected chi connectivity index (χ0v) is 11.1. The smallest absolute Gasteiger partial charge is 0.0593 e. The minimum absolute atomic E-state index is 0.582. The fourth-order valence-corrected chi connectivity index (χ4v) is 3.25. The van der Waals surface area contributed by atoms with E-state index < -0.39 is 0 Å². The van der Waals surface area contributed by atoms with Gasteiger partial charge < -0.3 is 5.32 Å². The van der Waals surface area contributed by atoms with Crippen molar-refractivity contribution in [2.45, 2.75) is 18.9 Å². The summed E-state index contributed by atoms with van der Waals surface area (Å²) < 4.78 is 0.974. The Morgan fingerprint density at radius 1 is 1.38 bits per heavy atom. The van der Waals surface area contributed by atoms with Gasteiger partial charge in [0.2, 0.25) is 0 Å². The Morgan fingerprint density at radius 3 is 3.06 bits per heavy atom. The molecule has 1 aromatic rings. The highest BCUT2D eigenvalue weighted by Crippen LogP contribution is 2.45. The van der Waals surface area contributed by atoms with Crippen molar-refractivity contribution < 1.29 is 0 Å². The van der Waals surface area contributed by atoms with Crippen LogP contribution in [-0.2, 0) is 0 Å². The Labute approximate surface area is 109 Å². The Bertz CT molecular complexity index is 444. The molecular weight excluding hydrogens is 286 g/mol. The Morgan fingerprint density at radius 2 is 2.25 bits per heavy atom. The summed E-state index contributed by atoms with van der Waals surface area (Å²) in [5, 5.41) is 4.34. The van der Waals surface area contributed by atoms with Crippen LogP contribution in [0.25, 0.3) is 0 Å². The average molecular weight is 299 g/mol. The lowest BCUT2D eigenvalue weighted by atomic mass is 9.71. The molecule has 0 saturated heterocycles. The van der Waals surface area contributed by atoms with Crippen molar-refractivity contribution in [3.8, 4) is 0 Å². The Kier molecular flexibility index (Phi) is 2.72. The highest BCUT2D eigenvalue weighted by molar-refractivity contribution is 9.10. The zero-order valence-electron chi connectivity index (χ0n) is 8.79. The molecule has 1 aromatic carbocycles. The molecule has 3 unspecified atom stereocenters. The van der Waals surface area contributed by atoms with Crippen LogP contribution in [0.4, 0.5) is 5.69 Å². The lowest BCUT2D eigenvalue weighted by molar-refractivity contribution is 0.218. The van der Waals surface area contributed by atoms with Gasteiger partial charge in [-0.25, -0.2) is 0 Å². The number of hydrogen-bond acceptors (Lipinski definition) is 1. The van der Waals surface area contributed by atoms with Crippen LogP contribution in [0.15, 0.2) is 34.8 Å². The van der Waals surface area contributed by atoms with Crippen molar-refractivity contribution in [3.63, 3.8) is 0 Å². The fraction of sp³-hybridized carbons (Fsp3) is 0.385. The number of allylic oxidation sites excluding steroid dienone is 1. The molecular formula is C13H13BrClN. The van der Waals surface area contributed by atoms with Gasteiger partial charge in [-0.1, -0.05) is 29.8 Å². The third-order valence-corrected chi connectivity index (χ3v) is 5.05. The SMILES string of the molecule is Clc1cccc(NC2CC3CC=CC32)c1Br. The van der Waals surface area contributed by atoms with Crippen LogP contribution in [0.2, 0.25) is 5.02 Å².